The molecule has 0 saturated heterocycles. The summed E-state index contributed by atoms with van der Waals surface area (Å²) >= 11 is 0. The van der Waals surface area contributed by atoms with E-state index >= 15 is 0 Å². The lowest BCUT2D eigenvalue weighted by molar-refractivity contribution is -0.137. The van der Waals surface area contributed by atoms with Crippen LogP contribution in [-0.4, -0.2) is 11.1 Å². The number of hydrogen-bond donors (Lipinski definition) is 2. The van der Waals surface area contributed by atoms with Crippen LogP contribution in [-0.2, 0) is 6.18 Å². The Bertz CT molecular complexity index is 647. The standard InChI is InChI=1S/C13H10F3NO3/c1-7-2-3-8(13(14,15)16)6-9(7)17-11-5-4-10(20-11)12(18)19/h2-6,17H,1H3,(H,18,19). The minimum Gasteiger partial charge on any atom is -0.475 e. The van der Waals surface area contributed by atoms with Crippen molar-refractivity contribution in [3.63, 3.8) is 0 Å². The molecule has 0 aliphatic carbocycles. The van der Waals surface area contributed by atoms with Crippen LogP contribution < -0.4 is 5.32 Å². The fourth-order valence-electron chi connectivity index (χ4n) is 1.59. The van der Waals surface area contributed by atoms with Crippen LogP contribution in [0.25, 0.3) is 0 Å². The lowest BCUT2D eigenvalue weighted by Gasteiger charge is -2.11. The molecule has 106 valence electrons. The highest BCUT2D eigenvalue weighted by atomic mass is 19.4. The van der Waals surface area contributed by atoms with Gasteiger partial charge < -0.3 is 14.8 Å². The number of carbonyl (C=O) groups is 1. The summed E-state index contributed by atoms with van der Waals surface area (Å²) in [7, 11) is 0. The third kappa shape index (κ3) is 2.93. The molecule has 0 spiro atoms. The predicted octanol–water partition coefficient (Wildman–Crippen LogP) is 4.05. The van der Waals surface area contributed by atoms with E-state index in [1.54, 1.807) is 6.92 Å². The summed E-state index contributed by atoms with van der Waals surface area (Å²) in [6, 6.07) is 5.80. The molecule has 2 rings (SSSR count). The highest BCUT2D eigenvalue weighted by Crippen LogP contribution is 2.33. The summed E-state index contributed by atoms with van der Waals surface area (Å²) in [6.07, 6.45) is -4.44. The van der Waals surface area contributed by atoms with Gasteiger partial charge in [0.2, 0.25) is 5.76 Å². The van der Waals surface area contributed by atoms with Gasteiger partial charge in [-0.3, -0.25) is 0 Å². The Balaban J connectivity index is 2.30. The van der Waals surface area contributed by atoms with Crippen LogP contribution in [0.3, 0.4) is 0 Å². The summed E-state index contributed by atoms with van der Waals surface area (Å²) in [5.74, 6) is -1.49. The first-order valence-electron chi connectivity index (χ1n) is 5.55. The van der Waals surface area contributed by atoms with E-state index in [-0.39, 0.29) is 17.3 Å². The third-order valence-corrected chi connectivity index (χ3v) is 2.64. The Morgan fingerprint density at radius 1 is 1.25 bits per heavy atom. The number of halogens is 3. The molecule has 2 N–H and O–H groups in total. The molecule has 0 aliphatic heterocycles. The van der Waals surface area contributed by atoms with Gasteiger partial charge >= 0.3 is 12.1 Å². The van der Waals surface area contributed by atoms with Crippen molar-refractivity contribution in [3.05, 3.63) is 47.2 Å². The monoisotopic (exact) mass is 285 g/mol. The number of aryl methyl sites for hydroxylation is 1. The fraction of sp³-hybridized carbons (Fsp3) is 0.154. The minimum atomic E-state index is -4.44. The van der Waals surface area contributed by atoms with Crippen molar-refractivity contribution >= 4 is 17.5 Å². The number of anilines is 2. The van der Waals surface area contributed by atoms with E-state index in [9.17, 15) is 18.0 Å². The largest absolute Gasteiger partial charge is 0.475 e. The van der Waals surface area contributed by atoms with Crippen LogP contribution in [0.5, 0.6) is 0 Å². The Morgan fingerprint density at radius 2 is 1.95 bits per heavy atom. The minimum absolute atomic E-state index is 0.0600. The highest BCUT2D eigenvalue weighted by Gasteiger charge is 2.30. The molecule has 0 bridgehead atoms. The van der Waals surface area contributed by atoms with Crippen molar-refractivity contribution < 1.29 is 27.5 Å². The maximum absolute atomic E-state index is 12.6. The first-order chi connectivity index (χ1) is 9.27. The maximum atomic E-state index is 12.6. The van der Waals surface area contributed by atoms with Gasteiger partial charge in [-0.25, -0.2) is 4.79 Å². The molecule has 1 aromatic heterocycles. The summed E-state index contributed by atoms with van der Waals surface area (Å²) in [5.41, 5.74) is -0.0204. The van der Waals surface area contributed by atoms with Crippen molar-refractivity contribution in [3.8, 4) is 0 Å². The summed E-state index contributed by atoms with van der Waals surface area (Å²) in [4.78, 5) is 10.6. The lowest BCUT2D eigenvalue weighted by Crippen LogP contribution is -2.06. The number of nitrogens with one attached hydrogen (secondary N) is 1. The molecule has 0 saturated carbocycles. The molecule has 1 heterocycles. The second-order valence-electron chi connectivity index (χ2n) is 4.12. The molecular weight excluding hydrogens is 275 g/mol. The van der Waals surface area contributed by atoms with Crippen LogP contribution in [0.1, 0.15) is 21.7 Å². The van der Waals surface area contributed by atoms with Crippen LogP contribution in [0.15, 0.2) is 34.7 Å². The van der Waals surface area contributed by atoms with Gasteiger partial charge in [-0.05, 0) is 30.7 Å². The molecule has 20 heavy (non-hydrogen) atoms. The van der Waals surface area contributed by atoms with Crippen molar-refractivity contribution in [1.82, 2.24) is 0 Å². The van der Waals surface area contributed by atoms with E-state index in [1.165, 1.54) is 18.2 Å². The first-order valence-corrected chi connectivity index (χ1v) is 5.55. The topological polar surface area (TPSA) is 62.5 Å². The van der Waals surface area contributed by atoms with Gasteiger partial charge in [-0.1, -0.05) is 6.07 Å². The van der Waals surface area contributed by atoms with Crippen LogP contribution in [0, 0.1) is 6.92 Å². The van der Waals surface area contributed by atoms with Crippen molar-refractivity contribution in [2.45, 2.75) is 13.1 Å². The molecular formula is C13H10F3NO3. The van der Waals surface area contributed by atoms with Crippen molar-refractivity contribution in [1.29, 1.82) is 0 Å². The molecule has 1 aromatic carbocycles. The van der Waals surface area contributed by atoms with Gasteiger partial charge in [0.05, 0.1) is 5.56 Å². The number of carboxylic acid groups (broad SMARTS) is 1. The lowest BCUT2D eigenvalue weighted by atomic mass is 10.1. The zero-order valence-electron chi connectivity index (χ0n) is 10.3. The summed E-state index contributed by atoms with van der Waals surface area (Å²) in [6.45, 7) is 1.63. The average molecular weight is 285 g/mol. The number of aromatic carboxylic acids is 1. The second kappa shape index (κ2) is 4.92. The second-order valence-corrected chi connectivity index (χ2v) is 4.12. The highest BCUT2D eigenvalue weighted by molar-refractivity contribution is 5.85. The van der Waals surface area contributed by atoms with E-state index in [1.807, 2.05) is 0 Å². The van der Waals surface area contributed by atoms with Gasteiger partial charge in [0.25, 0.3) is 0 Å². The van der Waals surface area contributed by atoms with Gasteiger partial charge in [0, 0.05) is 11.8 Å². The number of carboxylic acids is 1. The Kier molecular flexibility index (Phi) is 3.44. The molecule has 0 atom stereocenters. The Morgan fingerprint density at radius 3 is 2.50 bits per heavy atom. The summed E-state index contributed by atoms with van der Waals surface area (Å²) in [5, 5.41) is 11.3. The van der Waals surface area contributed by atoms with Gasteiger partial charge in [-0.2, -0.15) is 13.2 Å². The van der Waals surface area contributed by atoms with Crippen LogP contribution in [0.4, 0.5) is 24.7 Å². The molecule has 2 aromatic rings. The molecule has 7 heteroatoms. The van der Waals surface area contributed by atoms with Crippen molar-refractivity contribution in [2.75, 3.05) is 5.32 Å². The SMILES string of the molecule is Cc1ccc(C(F)(F)F)cc1Nc1ccc(C(=O)O)o1. The van der Waals surface area contributed by atoms with Crippen LogP contribution in [0.2, 0.25) is 0 Å². The van der Waals surface area contributed by atoms with Crippen LogP contribution >= 0.6 is 0 Å². The van der Waals surface area contributed by atoms with E-state index in [0.717, 1.165) is 12.1 Å². The van der Waals surface area contributed by atoms with Gasteiger partial charge in [-0.15, -0.1) is 0 Å². The van der Waals surface area contributed by atoms with E-state index in [4.69, 9.17) is 9.52 Å². The summed E-state index contributed by atoms with van der Waals surface area (Å²) < 4.78 is 42.8. The van der Waals surface area contributed by atoms with Crippen molar-refractivity contribution in [2.24, 2.45) is 0 Å². The smallest absolute Gasteiger partial charge is 0.416 e. The van der Waals surface area contributed by atoms with Gasteiger partial charge in [0.1, 0.15) is 0 Å². The maximum Gasteiger partial charge on any atom is 0.416 e. The number of furan rings is 1. The van der Waals surface area contributed by atoms with E-state index in [0.29, 0.717) is 5.56 Å². The molecule has 0 fully saturated rings. The van der Waals surface area contributed by atoms with E-state index < -0.39 is 17.7 Å². The number of rotatable bonds is 3. The van der Waals surface area contributed by atoms with Gasteiger partial charge in [0.15, 0.2) is 5.88 Å². The quantitative estimate of drug-likeness (QED) is 0.893. The number of benzene rings is 1. The third-order valence-electron chi connectivity index (χ3n) is 2.64. The molecule has 0 aliphatic rings. The molecule has 0 unspecified atom stereocenters. The normalized spacial score (nSPS) is 11.4. The zero-order valence-corrected chi connectivity index (χ0v) is 10.3. The molecule has 0 radical (unpaired) electrons. The average Bonchev–Trinajstić information content (AvgIpc) is 2.79. The fourth-order valence-corrected chi connectivity index (χ4v) is 1.59. The number of alkyl halides is 3. The number of hydrogen-bond acceptors (Lipinski definition) is 3. The Labute approximate surface area is 111 Å². The molecule has 4 nitrogen and oxygen atoms in total. The van der Waals surface area contributed by atoms with E-state index in [2.05, 4.69) is 5.32 Å². The Hall–Kier alpha value is -2.44. The molecule has 0 amide bonds. The predicted molar refractivity (Wildman–Crippen MR) is 65.1 cm³/mol. The first kappa shape index (κ1) is 14.0. The zero-order chi connectivity index (χ0) is 14.9.